The van der Waals surface area contributed by atoms with Crippen LogP contribution in [0.5, 0.6) is 0 Å². The number of hydrogen-bond acceptors (Lipinski definition) is 3. The van der Waals surface area contributed by atoms with Gasteiger partial charge in [-0.15, -0.1) is 0 Å². The summed E-state index contributed by atoms with van der Waals surface area (Å²) in [6.45, 7) is 0.560. The first-order valence-corrected chi connectivity index (χ1v) is 8.96. The van der Waals surface area contributed by atoms with Gasteiger partial charge in [-0.05, 0) is 43.0 Å². The largest absolute Gasteiger partial charge is 0.370 e. The fourth-order valence-corrected chi connectivity index (χ4v) is 3.14. The zero-order chi connectivity index (χ0) is 18.2. The molecule has 1 aliphatic rings. The van der Waals surface area contributed by atoms with Crippen LogP contribution in [0.15, 0.2) is 24.3 Å². The molecule has 0 bridgehead atoms. The van der Waals surface area contributed by atoms with Crippen molar-refractivity contribution in [3.8, 4) is 0 Å². The SMILES string of the molecule is NC(=O)C[C@H](NC(=O)c1ccc(Cl)cc1)C(=O)NCC1CCCCC1. The second-order valence-corrected chi connectivity index (χ2v) is 6.89. The van der Waals surface area contributed by atoms with Crippen molar-refractivity contribution in [2.45, 2.75) is 44.6 Å². The molecule has 4 N–H and O–H groups in total. The van der Waals surface area contributed by atoms with Gasteiger partial charge in [0.05, 0.1) is 6.42 Å². The third-order valence-corrected chi connectivity index (χ3v) is 4.68. The number of nitrogens with two attached hydrogens (primary N) is 1. The number of hydrogen-bond donors (Lipinski definition) is 3. The van der Waals surface area contributed by atoms with E-state index in [0.717, 1.165) is 12.8 Å². The monoisotopic (exact) mass is 365 g/mol. The Bertz CT molecular complexity index is 612. The summed E-state index contributed by atoms with van der Waals surface area (Å²) in [7, 11) is 0. The van der Waals surface area contributed by atoms with E-state index in [1.165, 1.54) is 19.3 Å². The molecule has 0 aromatic heterocycles. The van der Waals surface area contributed by atoms with E-state index in [1.54, 1.807) is 24.3 Å². The van der Waals surface area contributed by atoms with E-state index in [4.69, 9.17) is 17.3 Å². The Balaban J connectivity index is 1.94. The van der Waals surface area contributed by atoms with Crippen molar-refractivity contribution in [2.75, 3.05) is 6.54 Å². The fourth-order valence-electron chi connectivity index (χ4n) is 3.01. The van der Waals surface area contributed by atoms with Crippen molar-refractivity contribution in [1.82, 2.24) is 10.6 Å². The van der Waals surface area contributed by atoms with Crippen LogP contribution in [0.3, 0.4) is 0 Å². The van der Waals surface area contributed by atoms with Crippen molar-refractivity contribution >= 4 is 29.3 Å². The van der Waals surface area contributed by atoms with Gasteiger partial charge in [0.25, 0.3) is 5.91 Å². The summed E-state index contributed by atoms with van der Waals surface area (Å²) in [5, 5.41) is 5.93. The molecule has 1 atom stereocenters. The Morgan fingerprint density at radius 1 is 1.12 bits per heavy atom. The third-order valence-electron chi connectivity index (χ3n) is 4.42. The normalized spacial score (nSPS) is 16.0. The van der Waals surface area contributed by atoms with Gasteiger partial charge in [0.15, 0.2) is 0 Å². The minimum absolute atomic E-state index is 0.240. The lowest BCUT2D eigenvalue weighted by molar-refractivity contribution is -0.127. The highest BCUT2D eigenvalue weighted by Gasteiger charge is 2.24. The second-order valence-electron chi connectivity index (χ2n) is 6.45. The second kappa shape index (κ2) is 9.42. The van der Waals surface area contributed by atoms with Crippen molar-refractivity contribution in [3.05, 3.63) is 34.9 Å². The van der Waals surface area contributed by atoms with Crippen molar-refractivity contribution in [3.63, 3.8) is 0 Å². The van der Waals surface area contributed by atoms with E-state index in [2.05, 4.69) is 10.6 Å². The predicted octanol–water partition coefficient (Wildman–Crippen LogP) is 2.01. The lowest BCUT2D eigenvalue weighted by atomic mass is 9.89. The Labute approximate surface area is 152 Å². The molecule has 3 amide bonds. The predicted molar refractivity (Wildman–Crippen MR) is 96.1 cm³/mol. The molecule has 25 heavy (non-hydrogen) atoms. The molecule has 1 aromatic carbocycles. The Hall–Kier alpha value is -2.08. The molecule has 1 fully saturated rings. The van der Waals surface area contributed by atoms with Crippen molar-refractivity contribution < 1.29 is 14.4 Å². The van der Waals surface area contributed by atoms with Crippen molar-refractivity contribution in [2.24, 2.45) is 11.7 Å². The van der Waals surface area contributed by atoms with Gasteiger partial charge in [0.2, 0.25) is 11.8 Å². The molecular weight excluding hydrogens is 342 g/mol. The van der Waals surface area contributed by atoms with E-state index >= 15 is 0 Å². The van der Waals surface area contributed by atoms with Gasteiger partial charge in [0.1, 0.15) is 6.04 Å². The summed E-state index contributed by atoms with van der Waals surface area (Å²) in [5.74, 6) is -1.02. The third kappa shape index (κ3) is 6.38. The maximum absolute atomic E-state index is 12.4. The van der Waals surface area contributed by atoms with Crippen LogP contribution in [0.25, 0.3) is 0 Å². The highest BCUT2D eigenvalue weighted by Crippen LogP contribution is 2.22. The average Bonchev–Trinajstić information content (AvgIpc) is 2.60. The molecule has 7 heteroatoms. The van der Waals surface area contributed by atoms with E-state index < -0.39 is 17.9 Å². The molecule has 6 nitrogen and oxygen atoms in total. The first-order valence-electron chi connectivity index (χ1n) is 8.58. The van der Waals surface area contributed by atoms with E-state index in [1.807, 2.05) is 0 Å². The maximum atomic E-state index is 12.4. The number of halogens is 1. The highest BCUT2D eigenvalue weighted by molar-refractivity contribution is 6.30. The van der Waals surface area contributed by atoms with Gasteiger partial charge < -0.3 is 16.4 Å². The van der Waals surface area contributed by atoms with Gasteiger partial charge in [0, 0.05) is 17.1 Å². The van der Waals surface area contributed by atoms with Crippen LogP contribution in [0.1, 0.15) is 48.9 Å². The molecule has 2 rings (SSSR count). The average molecular weight is 366 g/mol. The molecular formula is C18H24ClN3O3. The van der Waals surface area contributed by atoms with Gasteiger partial charge in [-0.3, -0.25) is 14.4 Å². The van der Waals surface area contributed by atoms with E-state index in [9.17, 15) is 14.4 Å². The quantitative estimate of drug-likeness (QED) is 0.688. The summed E-state index contributed by atoms with van der Waals surface area (Å²) in [6, 6.07) is 5.30. The Morgan fingerprint density at radius 2 is 1.76 bits per heavy atom. The van der Waals surface area contributed by atoms with Crippen LogP contribution < -0.4 is 16.4 Å². The number of carbonyl (C=O) groups is 3. The van der Waals surface area contributed by atoms with Crippen LogP contribution in [0, 0.1) is 5.92 Å². The van der Waals surface area contributed by atoms with Gasteiger partial charge in [-0.1, -0.05) is 30.9 Å². The van der Waals surface area contributed by atoms with Gasteiger partial charge in [-0.2, -0.15) is 0 Å². The van der Waals surface area contributed by atoms with Crippen LogP contribution in [-0.2, 0) is 9.59 Å². The standard InChI is InChI=1S/C18H24ClN3O3/c19-14-8-6-13(7-9-14)17(24)22-15(10-16(20)23)18(25)21-11-12-4-2-1-3-5-12/h6-9,12,15H,1-5,10-11H2,(H2,20,23)(H,21,25)(H,22,24)/t15-/m0/s1. The molecule has 0 saturated heterocycles. The Kier molecular flexibility index (Phi) is 7.25. The molecule has 0 heterocycles. The van der Waals surface area contributed by atoms with Crippen LogP contribution in [0.4, 0.5) is 0 Å². The molecule has 0 spiro atoms. The molecule has 1 aromatic rings. The van der Waals surface area contributed by atoms with Crippen molar-refractivity contribution in [1.29, 1.82) is 0 Å². The molecule has 0 unspecified atom stereocenters. The first kappa shape index (κ1) is 19.2. The summed E-state index contributed by atoms with van der Waals surface area (Å²) < 4.78 is 0. The maximum Gasteiger partial charge on any atom is 0.251 e. The number of primary amides is 1. The summed E-state index contributed by atoms with van der Waals surface area (Å²) in [5.41, 5.74) is 5.58. The number of nitrogens with one attached hydrogen (secondary N) is 2. The lowest BCUT2D eigenvalue weighted by Crippen LogP contribution is -2.49. The van der Waals surface area contributed by atoms with Gasteiger partial charge >= 0.3 is 0 Å². The fraction of sp³-hybridized carbons (Fsp3) is 0.500. The lowest BCUT2D eigenvalue weighted by Gasteiger charge is -2.23. The number of carbonyl (C=O) groups excluding carboxylic acids is 3. The van der Waals surface area contributed by atoms with E-state index in [-0.39, 0.29) is 12.3 Å². The highest BCUT2D eigenvalue weighted by atomic mass is 35.5. The number of rotatable bonds is 7. The molecule has 136 valence electrons. The van der Waals surface area contributed by atoms with Crippen LogP contribution >= 0.6 is 11.6 Å². The van der Waals surface area contributed by atoms with Gasteiger partial charge in [-0.25, -0.2) is 0 Å². The summed E-state index contributed by atoms with van der Waals surface area (Å²) >= 11 is 5.80. The molecule has 1 saturated carbocycles. The Morgan fingerprint density at radius 3 is 2.36 bits per heavy atom. The zero-order valence-electron chi connectivity index (χ0n) is 14.1. The molecule has 1 aliphatic carbocycles. The van der Waals surface area contributed by atoms with Crippen LogP contribution in [-0.4, -0.2) is 30.3 Å². The molecule has 0 radical (unpaired) electrons. The van der Waals surface area contributed by atoms with E-state index in [0.29, 0.717) is 23.0 Å². The minimum atomic E-state index is -0.982. The zero-order valence-corrected chi connectivity index (χ0v) is 14.8. The number of amides is 3. The first-order chi connectivity index (χ1) is 12.0. The summed E-state index contributed by atoms with van der Waals surface area (Å²) in [4.78, 5) is 35.9. The number of benzene rings is 1. The smallest absolute Gasteiger partial charge is 0.251 e. The van der Waals surface area contributed by atoms with Crippen LogP contribution in [0.2, 0.25) is 5.02 Å². The minimum Gasteiger partial charge on any atom is -0.370 e. The summed E-state index contributed by atoms with van der Waals surface area (Å²) in [6.07, 6.45) is 5.55. The topological polar surface area (TPSA) is 101 Å². The molecule has 0 aliphatic heterocycles.